The first kappa shape index (κ1) is 14.2. The van der Waals surface area contributed by atoms with E-state index in [1.165, 1.54) is 12.8 Å². The molecule has 1 atom stereocenters. The maximum Gasteiger partial charge on any atom is 0.359 e. The van der Waals surface area contributed by atoms with E-state index in [9.17, 15) is 5.11 Å². The van der Waals surface area contributed by atoms with Crippen LogP contribution in [0.1, 0.15) is 33.1 Å². The maximum atomic E-state index is 9.78. The molecule has 0 aliphatic heterocycles. The monoisotopic (exact) mass is 254 g/mol. The number of phenolic OH excluding ortho intramolecular Hbond substituents is 1. The number of unbranched alkanes of at least 4 members (excludes halogenated alkanes) is 2. The Morgan fingerprint density at radius 2 is 1.88 bits per heavy atom. The first-order valence-corrected chi connectivity index (χ1v) is 7.82. The van der Waals surface area contributed by atoms with Crippen molar-refractivity contribution in [2.45, 2.75) is 33.1 Å². The van der Waals surface area contributed by atoms with Gasteiger partial charge in [-0.2, -0.15) is 0 Å². The van der Waals surface area contributed by atoms with Crippen LogP contribution in [0.25, 0.3) is 0 Å². The molecule has 0 radical (unpaired) electrons. The normalized spacial score (nSPS) is 12.6. The Balaban J connectivity index is 2.56. The molecule has 17 heavy (non-hydrogen) atoms. The van der Waals surface area contributed by atoms with E-state index in [0.29, 0.717) is 6.61 Å². The predicted octanol–water partition coefficient (Wildman–Crippen LogP) is 2.06. The molecule has 0 saturated carbocycles. The number of rotatable bonds is 8. The lowest BCUT2D eigenvalue weighted by Gasteiger charge is -2.17. The summed E-state index contributed by atoms with van der Waals surface area (Å²) in [5.41, 5.74) is 0. The fraction of sp³-hybridized carbons (Fsp3) is 0.538. The van der Waals surface area contributed by atoms with E-state index in [1.807, 2.05) is 25.1 Å². The van der Waals surface area contributed by atoms with Gasteiger partial charge in [0.25, 0.3) is 0 Å². The van der Waals surface area contributed by atoms with Crippen molar-refractivity contribution in [2.75, 3.05) is 13.2 Å². The minimum atomic E-state index is -1.92. The number of para-hydroxylation sites is 1. The Kier molecular flexibility index (Phi) is 6.92. The zero-order chi connectivity index (χ0) is 12.5. The van der Waals surface area contributed by atoms with Gasteiger partial charge in [-0.05, 0) is 19.4 Å². The molecule has 0 heterocycles. The molecule has 96 valence electrons. The van der Waals surface area contributed by atoms with Crippen LogP contribution in [0.3, 0.4) is 0 Å². The summed E-state index contributed by atoms with van der Waals surface area (Å²) in [6, 6.07) is 7.29. The summed E-state index contributed by atoms with van der Waals surface area (Å²) in [5, 5.41) is 10.6. The van der Waals surface area contributed by atoms with E-state index in [2.05, 4.69) is 6.92 Å². The van der Waals surface area contributed by atoms with Crippen molar-refractivity contribution in [1.29, 1.82) is 0 Å². The Morgan fingerprint density at radius 1 is 1.12 bits per heavy atom. The van der Waals surface area contributed by atoms with Crippen LogP contribution in [0.15, 0.2) is 24.3 Å². The van der Waals surface area contributed by atoms with Crippen LogP contribution < -0.4 is 5.19 Å². The van der Waals surface area contributed by atoms with Gasteiger partial charge in [0.1, 0.15) is 5.75 Å². The van der Waals surface area contributed by atoms with E-state index in [1.54, 1.807) is 6.07 Å². The molecule has 0 aliphatic rings. The number of phenols is 1. The van der Waals surface area contributed by atoms with E-state index in [-0.39, 0.29) is 5.75 Å². The van der Waals surface area contributed by atoms with Gasteiger partial charge in [0.2, 0.25) is 0 Å². The summed E-state index contributed by atoms with van der Waals surface area (Å²) < 4.78 is 11.5. The number of aromatic hydroxyl groups is 1. The van der Waals surface area contributed by atoms with Crippen molar-refractivity contribution < 1.29 is 14.0 Å². The van der Waals surface area contributed by atoms with Crippen molar-refractivity contribution in [2.24, 2.45) is 0 Å². The second kappa shape index (κ2) is 8.28. The lowest BCUT2D eigenvalue weighted by molar-refractivity contribution is 0.211. The van der Waals surface area contributed by atoms with Crippen LogP contribution in [-0.2, 0) is 8.85 Å². The second-order valence-corrected chi connectivity index (χ2v) is 5.88. The van der Waals surface area contributed by atoms with Crippen molar-refractivity contribution in [3.8, 4) is 5.75 Å². The van der Waals surface area contributed by atoms with Crippen LogP contribution in [0.2, 0.25) is 0 Å². The molecule has 0 amide bonds. The molecular weight excluding hydrogens is 232 g/mol. The average molecular weight is 254 g/mol. The van der Waals surface area contributed by atoms with Gasteiger partial charge in [-0.1, -0.05) is 38.0 Å². The Bertz CT molecular complexity index is 317. The zero-order valence-electron chi connectivity index (χ0n) is 10.7. The highest BCUT2D eigenvalue weighted by Crippen LogP contribution is 2.07. The van der Waals surface area contributed by atoms with Crippen molar-refractivity contribution in [1.82, 2.24) is 0 Å². The summed E-state index contributed by atoms with van der Waals surface area (Å²) in [4.78, 5) is 0. The molecule has 4 heteroatoms. The number of hydrogen-bond acceptors (Lipinski definition) is 3. The number of hydrogen-bond donors (Lipinski definition) is 1. The van der Waals surface area contributed by atoms with Crippen LogP contribution in [0.5, 0.6) is 5.75 Å². The standard InChI is InChI=1S/C13H22O3Si/c1-3-5-8-11-16-17(15-4-2)13-10-7-6-9-12(13)14/h6-7,9-10,14,17H,3-5,8,11H2,1-2H3. The highest BCUT2D eigenvalue weighted by atomic mass is 28.3. The molecular formula is C13H22O3Si. The van der Waals surface area contributed by atoms with Crippen LogP contribution in [0, 0.1) is 0 Å². The van der Waals surface area contributed by atoms with Gasteiger partial charge in [-0.15, -0.1) is 0 Å². The van der Waals surface area contributed by atoms with Gasteiger partial charge in [0, 0.05) is 18.4 Å². The Morgan fingerprint density at radius 3 is 2.53 bits per heavy atom. The average Bonchev–Trinajstić information content (AvgIpc) is 2.34. The fourth-order valence-electron chi connectivity index (χ4n) is 1.61. The van der Waals surface area contributed by atoms with E-state index >= 15 is 0 Å². The van der Waals surface area contributed by atoms with Gasteiger partial charge in [-0.3, -0.25) is 0 Å². The quantitative estimate of drug-likeness (QED) is 0.570. The van der Waals surface area contributed by atoms with E-state index in [0.717, 1.165) is 18.2 Å². The fourth-order valence-corrected chi connectivity index (χ4v) is 3.35. The van der Waals surface area contributed by atoms with Gasteiger partial charge in [-0.25, -0.2) is 0 Å². The molecule has 0 aliphatic carbocycles. The van der Waals surface area contributed by atoms with Gasteiger partial charge >= 0.3 is 9.28 Å². The highest BCUT2D eigenvalue weighted by Gasteiger charge is 2.19. The zero-order valence-corrected chi connectivity index (χ0v) is 11.8. The highest BCUT2D eigenvalue weighted by molar-refractivity contribution is 6.62. The first-order valence-electron chi connectivity index (χ1n) is 6.30. The third-order valence-corrected chi connectivity index (χ3v) is 4.70. The predicted molar refractivity (Wildman–Crippen MR) is 72.0 cm³/mol. The Hall–Kier alpha value is -0.843. The van der Waals surface area contributed by atoms with Crippen molar-refractivity contribution in [3.05, 3.63) is 24.3 Å². The first-order chi connectivity index (χ1) is 8.29. The van der Waals surface area contributed by atoms with E-state index in [4.69, 9.17) is 8.85 Å². The van der Waals surface area contributed by atoms with Gasteiger partial charge in [0.05, 0.1) is 0 Å². The molecule has 0 fully saturated rings. The largest absolute Gasteiger partial charge is 0.508 e. The molecule has 1 rings (SSSR count). The summed E-state index contributed by atoms with van der Waals surface area (Å²) >= 11 is 0. The minimum Gasteiger partial charge on any atom is -0.508 e. The minimum absolute atomic E-state index is 0.285. The van der Waals surface area contributed by atoms with Crippen LogP contribution >= 0.6 is 0 Å². The third kappa shape index (κ3) is 4.89. The SMILES string of the molecule is CCCCCO[SiH](OCC)c1ccccc1O. The molecule has 0 saturated heterocycles. The van der Waals surface area contributed by atoms with Crippen molar-refractivity contribution in [3.63, 3.8) is 0 Å². The maximum absolute atomic E-state index is 9.78. The molecule has 0 spiro atoms. The molecule has 1 aromatic rings. The smallest absolute Gasteiger partial charge is 0.359 e. The second-order valence-electron chi connectivity index (χ2n) is 3.92. The van der Waals surface area contributed by atoms with Crippen LogP contribution in [0.4, 0.5) is 0 Å². The lowest BCUT2D eigenvalue weighted by atomic mass is 10.3. The number of benzene rings is 1. The van der Waals surface area contributed by atoms with Gasteiger partial charge < -0.3 is 14.0 Å². The molecule has 1 N–H and O–H groups in total. The summed E-state index contributed by atoms with van der Waals surface area (Å²) in [5.74, 6) is 0.285. The van der Waals surface area contributed by atoms with Crippen molar-refractivity contribution >= 4 is 14.5 Å². The van der Waals surface area contributed by atoms with Crippen LogP contribution in [-0.4, -0.2) is 27.6 Å². The molecule has 1 unspecified atom stereocenters. The summed E-state index contributed by atoms with van der Waals surface area (Å²) in [7, 11) is -1.92. The lowest BCUT2D eigenvalue weighted by Crippen LogP contribution is -2.37. The third-order valence-electron chi connectivity index (χ3n) is 2.53. The molecule has 3 nitrogen and oxygen atoms in total. The van der Waals surface area contributed by atoms with E-state index < -0.39 is 9.28 Å². The molecule has 1 aromatic carbocycles. The molecule has 0 aromatic heterocycles. The molecule has 0 bridgehead atoms. The summed E-state index contributed by atoms with van der Waals surface area (Å²) in [6.45, 7) is 5.47. The Labute approximate surface area is 105 Å². The topological polar surface area (TPSA) is 38.7 Å². The van der Waals surface area contributed by atoms with Gasteiger partial charge in [0.15, 0.2) is 0 Å². The summed E-state index contributed by atoms with van der Waals surface area (Å²) in [6.07, 6.45) is 3.41.